The molecule has 0 heterocycles. The zero-order valence-electron chi connectivity index (χ0n) is 14.3. The number of alkyl halides is 3. The van der Waals surface area contributed by atoms with Crippen molar-refractivity contribution in [2.45, 2.75) is 17.1 Å². The summed E-state index contributed by atoms with van der Waals surface area (Å²) < 4.78 is 68.9. The van der Waals surface area contributed by atoms with Crippen molar-refractivity contribution in [1.82, 2.24) is 4.72 Å². The molecule has 146 valence electrons. The normalized spacial score (nSPS) is 13.3. The van der Waals surface area contributed by atoms with Gasteiger partial charge >= 0.3 is 6.18 Å². The molecular weight excluding hydrogens is 455 g/mol. The third-order valence-corrected chi connectivity index (χ3v) is 6.04. The molecular formula is C20H15BrF3NO2S. The predicted molar refractivity (Wildman–Crippen MR) is 104 cm³/mol. The Labute approximate surface area is 169 Å². The molecule has 0 spiro atoms. The van der Waals surface area contributed by atoms with Gasteiger partial charge in [0, 0.05) is 4.47 Å². The van der Waals surface area contributed by atoms with Gasteiger partial charge < -0.3 is 0 Å². The molecule has 3 rings (SSSR count). The molecule has 0 radical (unpaired) electrons. The SMILES string of the molecule is O=S(=O)(NC(c1ccccc1)c1cccc(Br)c1)c1ccccc1C(F)(F)F. The van der Waals surface area contributed by atoms with E-state index in [2.05, 4.69) is 20.7 Å². The summed E-state index contributed by atoms with van der Waals surface area (Å²) in [5.74, 6) is 0. The molecule has 0 fully saturated rings. The number of nitrogens with one attached hydrogen (secondary N) is 1. The summed E-state index contributed by atoms with van der Waals surface area (Å²) in [7, 11) is -4.47. The maximum atomic E-state index is 13.3. The lowest BCUT2D eigenvalue weighted by Gasteiger charge is -2.21. The van der Waals surface area contributed by atoms with Gasteiger partial charge in [-0.1, -0.05) is 70.5 Å². The van der Waals surface area contributed by atoms with E-state index in [4.69, 9.17) is 0 Å². The summed E-state index contributed by atoms with van der Waals surface area (Å²) in [5, 5.41) is 0. The molecule has 0 aliphatic heterocycles. The van der Waals surface area contributed by atoms with Crippen LogP contribution in [-0.2, 0) is 16.2 Å². The van der Waals surface area contributed by atoms with E-state index >= 15 is 0 Å². The average Bonchev–Trinajstić information content (AvgIpc) is 2.66. The van der Waals surface area contributed by atoms with E-state index in [0.717, 1.165) is 22.7 Å². The third kappa shape index (κ3) is 4.63. The van der Waals surface area contributed by atoms with Gasteiger partial charge in [0.1, 0.15) is 0 Å². The van der Waals surface area contributed by atoms with Crippen molar-refractivity contribution in [3.8, 4) is 0 Å². The Morgan fingerprint density at radius 2 is 1.43 bits per heavy atom. The first-order chi connectivity index (χ1) is 13.2. The van der Waals surface area contributed by atoms with Gasteiger partial charge in [-0.2, -0.15) is 17.9 Å². The first-order valence-corrected chi connectivity index (χ1v) is 10.4. The Kier molecular flexibility index (Phi) is 5.92. The fourth-order valence-corrected chi connectivity index (χ4v) is 4.67. The van der Waals surface area contributed by atoms with Crippen LogP contribution in [0.1, 0.15) is 22.7 Å². The Morgan fingerprint density at radius 1 is 0.821 bits per heavy atom. The molecule has 8 heteroatoms. The molecule has 0 aliphatic rings. The van der Waals surface area contributed by atoms with Crippen LogP contribution in [0.4, 0.5) is 13.2 Å². The van der Waals surface area contributed by atoms with Gasteiger partial charge in [0.15, 0.2) is 0 Å². The van der Waals surface area contributed by atoms with Gasteiger partial charge in [-0.25, -0.2) is 8.42 Å². The number of sulfonamides is 1. The topological polar surface area (TPSA) is 46.2 Å². The second-order valence-corrected chi connectivity index (χ2v) is 8.61. The molecule has 3 aromatic carbocycles. The van der Waals surface area contributed by atoms with Crippen molar-refractivity contribution < 1.29 is 21.6 Å². The Bertz CT molecular complexity index is 1070. The van der Waals surface area contributed by atoms with Crippen molar-refractivity contribution in [1.29, 1.82) is 0 Å². The minimum atomic E-state index is -4.79. The van der Waals surface area contributed by atoms with Gasteiger partial charge in [-0.05, 0) is 35.4 Å². The Balaban J connectivity index is 2.09. The van der Waals surface area contributed by atoms with Crippen LogP contribution in [0.15, 0.2) is 88.2 Å². The first-order valence-electron chi connectivity index (χ1n) is 8.17. The molecule has 0 aromatic heterocycles. The van der Waals surface area contributed by atoms with Gasteiger partial charge in [0.2, 0.25) is 10.0 Å². The Hall–Kier alpha value is -2.16. The molecule has 1 unspecified atom stereocenters. The molecule has 1 atom stereocenters. The van der Waals surface area contributed by atoms with Gasteiger partial charge in [-0.3, -0.25) is 0 Å². The lowest BCUT2D eigenvalue weighted by molar-refractivity contribution is -0.139. The maximum absolute atomic E-state index is 13.3. The number of halogens is 4. The smallest absolute Gasteiger partial charge is 0.207 e. The van der Waals surface area contributed by atoms with Crippen molar-refractivity contribution >= 4 is 26.0 Å². The van der Waals surface area contributed by atoms with Crippen molar-refractivity contribution in [3.63, 3.8) is 0 Å². The van der Waals surface area contributed by atoms with E-state index in [1.54, 1.807) is 54.6 Å². The van der Waals surface area contributed by atoms with Crippen LogP contribution in [0.3, 0.4) is 0 Å². The van der Waals surface area contributed by atoms with Crippen molar-refractivity contribution in [3.05, 3.63) is 100 Å². The summed E-state index contributed by atoms with van der Waals surface area (Å²) >= 11 is 3.34. The highest BCUT2D eigenvalue weighted by molar-refractivity contribution is 9.10. The van der Waals surface area contributed by atoms with E-state index < -0.39 is 32.7 Å². The maximum Gasteiger partial charge on any atom is 0.417 e. The van der Waals surface area contributed by atoms with E-state index in [9.17, 15) is 21.6 Å². The summed E-state index contributed by atoms with van der Waals surface area (Å²) in [6.45, 7) is 0. The summed E-state index contributed by atoms with van der Waals surface area (Å²) in [6, 6.07) is 18.9. The summed E-state index contributed by atoms with van der Waals surface area (Å²) in [5.41, 5.74) is -0.00846. The second kappa shape index (κ2) is 8.06. The minimum absolute atomic E-state index is 0.591. The summed E-state index contributed by atoms with van der Waals surface area (Å²) in [6.07, 6.45) is -4.79. The molecule has 0 saturated heterocycles. The second-order valence-electron chi connectivity index (χ2n) is 6.01. The minimum Gasteiger partial charge on any atom is -0.207 e. The zero-order chi connectivity index (χ0) is 20.4. The lowest BCUT2D eigenvalue weighted by atomic mass is 10.00. The predicted octanol–water partition coefficient (Wildman–Crippen LogP) is 5.54. The fourth-order valence-electron chi connectivity index (χ4n) is 2.81. The van der Waals surface area contributed by atoms with E-state index in [1.807, 2.05) is 0 Å². The van der Waals surface area contributed by atoms with Gasteiger partial charge in [0.05, 0.1) is 16.5 Å². The van der Waals surface area contributed by atoms with Crippen LogP contribution in [0.25, 0.3) is 0 Å². The highest BCUT2D eigenvalue weighted by Crippen LogP contribution is 2.35. The molecule has 28 heavy (non-hydrogen) atoms. The largest absolute Gasteiger partial charge is 0.417 e. The van der Waals surface area contributed by atoms with Crippen LogP contribution in [0.2, 0.25) is 0 Å². The van der Waals surface area contributed by atoms with Crippen LogP contribution in [0, 0.1) is 0 Å². The van der Waals surface area contributed by atoms with Crippen LogP contribution >= 0.6 is 15.9 Å². The Morgan fingerprint density at radius 3 is 2.07 bits per heavy atom. The molecule has 0 bridgehead atoms. The van der Waals surface area contributed by atoms with Crippen molar-refractivity contribution in [2.75, 3.05) is 0 Å². The first kappa shape index (κ1) is 20.6. The number of benzene rings is 3. The van der Waals surface area contributed by atoms with Gasteiger partial charge in [0.25, 0.3) is 0 Å². The summed E-state index contributed by atoms with van der Waals surface area (Å²) in [4.78, 5) is -0.807. The molecule has 0 amide bonds. The number of hydrogen-bond acceptors (Lipinski definition) is 2. The van der Waals surface area contributed by atoms with Crippen LogP contribution < -0.4 is 4.72 Å². The third-order valence-electron chi connectivity index (χ3n) is 4.07. The van der Waals surface area contributed by atoms with E-state index in [0.29, 0.717) is 11.1 Å². The van der Waals surface area contributed by atoms with E-state index in [1.165, 1.54) is 6.07 Å². The quantitative estimate of drug-likeness (QED) is 0.533. The molecule has 0 aliphatic carbocycles. The average molecular weight is 470 g/mol. The molecule has 0 saturated carbocycles. The fraction of sp³-hybridized carbons (Fsp3) is 0.100. The van der Waals surface area contributed by atoms with Crippen LogP contribution in [-0.4, -0.2) is 8.42 Å². The van der Waals surface area contributed by atoms with Gasteiger partial charge in [-0.15, -0.1) is 0 Å². The van der Waals surface area contributed by atoms with Crippen molar-refractivity contribution in [2.24, 2.45) is 0 Å². The van der Waals surface area contributed by atoms with E-state index in [-0.39, 0.29) is 0 Å². The monoisotopic (exact) mass is 469 g/mol. The zero-order valence-corrected chi connectivity index (χ0v) is 16.7. The number of rotatable bonds is 5. The highest BCUT2D eigenvalue weighted by Gasteiger charge is 2.37. The highest BCUT2D eigenvalue weighted by atomic mass is 79.9. The molecule has 3 nitrogen and oxygen atoms in total. The lowest BCUT2D eigenvalue weighted by Crippen LogP contribution is -2.31. The molecule has 3 aromatic rings. The molecule has 1 N–H and O–H groups in total. The standard InChI is InChI=1S/C20H15BrF3NO2S/c21-16-10-6-9-15(13-16)19(14-7-2-1-3-8-14)25-28(26,27)18-12-5-4-11-17(18)20(22,23)24/h1-13,19,25H. The van der Waals surface area contributed by atoms with Crippen LogP contribution in [0.5, 0.6) is 0 Å². The number of hydrogen-bond donors (Lipinski definition) is 1.